The summed E-state index contributed by atoms with van der Waals surface area (Å²) in [5.41, 5.74) is 2.90. The van der Waals surface area contributed by atoms with E-state index in [2.05, 4.69) is 5.10 Å². The average Bonchev–Trinajstić information content (AvgIpc) is 3.03. The van der Waals surface area contributed by atoms with Crippen molar-refractivity contribution < 1.29 is 31.9 Å². The van der Waals surface area contributed by atoms with Crippen molar-refractivity contribution in [2.24, 2.45) is 0 Å². The van der Waals surface area contributed by atoms with Gasteiger partial charge in [0.2, 0.25) is 0 Å². The van der Waals surface area contributed by atoms with Gasteiger partial charge in [-0.1, -0.05) is 12.1 Å². The quantitative estimate of drug-likeness (QED) is 0.616. The summed E-state index contributed by atoms with van der Waals surface area (Å²) in [6, 6.07) is 6.17. The van der Waals surface area contributed by atoms with Crippen molar-refractivity contribution in [1.29, 1.82) is 0 Å². The molecule has 2 rings (SSSR count). The number of halogens is 4. The molecule has 0 spiro atoms. The Morgan fingerprint density at radius 3 is 2.54 bits per heavy atom. The van der Waals surface area contributed by atoms with Gasteiger partial charge in [0, 0.05) is 6.20 Å². The van der Waals surface area contributed by atoms with E-state index < -0.39 is 42.2 Å². The second-order valence-corrected chi connectivity index (χ2v) is 5.12. The molecule has 140 valence electrons. The number of hydrogen-bond donors (Lipinski definition) is 2. The molecule has 7 nitrogen and oxygen atoms in total. The van der Waals surface area contributed by atoms with E-state index in [1.807, 2.05) is 10.9 Å². The van der Waals surface area contributed by atoms with Gasteiger partial charge in [-0.3, -0.25) is 25.1 Å². The van der Waals surface area contributed by atoms with Gasteiger partial charge in [0.05, 0.1) is 0 Å². The summed E-state index contributed by atoms with van der Waals surface area (Å²) < 4.78 is 56.6. The summed E-state index contributed by atoms with van der Waals surface area (Å²) in [5.74, 6) is -2.39. The second kappa shape index (κ2) is 7.85. The lowest BCUT2D eigenvalue weighted by Crippen LogP contribution is -2.48. The monoisotopic (exact) mass is 374 g/mol. The molecule has 0 bridgehead atoms. The summed E-state index contributed by atoms with van der Waals surface area (Å²) in [7, 11) is 0. The number of amides is 2. The normalized spacial score (nSPS) is 12.3. The third kappa shape index (κ3) is 5.19. The number of para-hydroxylation sites is 1. The Labute approximate surface area is 144 Å². The first-order chi connectivity index (χ1) is 12.2. The van der Waals surface area contributed by atoms with Gasteiger partial charge in [0.25, 0.3) is 11.8 Å². The van der Waals surface area contributed by atoms with Crippen LogP contribution in [0.2, 0.25) is 0 Å². The topological polar surface area (TPSA) is 85.3 Å². The smallest absolute Gasteiger partial charge is 0.435 e. The predicted molar refractivity (Wildman–Crippen MR) is 80.0 cm³/mol. The molecule has 0 aliphatic rings. The van der Waals surface area contributed by atoms with Crippen LogP contribution in [0.15, 0.2) is 36.5 Å². The molecule has 2 amide bonds. The van der Waals surface area contributed by atoms with Crippen molar-refractivity contribution in [3.63, 3.8) is 0 Å². The van der Waals surface area contributed by atoms with Crippen LogP contribution in [0.25, 0.3) is 0 Å². The van der Waals surface area contributed by atoms with Crippen LogP contribution >= 0.6 is 0 Å². The number of carbonyl (C=O) groups is 2. The fourth-order valence-electron chi connectivity index (χ4n) is 1.80. The summed E-state index contributed by atoms with van der Waals surface area (Å²) >= 11 is 0. The van der Waals surface area contributed by atoms with Crippen molar-refractivity contribution in [1.82, 2.24) is 20.6 Å². The van der Waals surface area contributed by atoms with Crippen LogP contribution in [0.3, 0.4) is 0 Å². The van der Waals surface area contributed by atoms with Crippen molar-refractivity contribution in [3.8, 4) is 5.75 Å². The van der Waals surface area contributed by atoms with E-state index in [0.717, 1.165) is 23.0 Å². The van der Waals surface area contributed by atoms with Gasteiger partial charge in [-0.2, -0.15) is 18.3 Å². The van der Waals surface area contributed by atoms with E-state index in [1.54, 1.807) is 0 Å². The van der Waals surface area contributed by atoms with Crippen molar-refractivity contribution >= 4 is 11.8 Å². The number of hydrazine groups is 1. The predicted octanol–water partition coefficient (Wildman–Crippen LogP) is 1.66. The maximum absolute atomic E-state index is 13.4. The number of aromatic nitrogens is 2. The highest BCUT2D eigenvalue weighted by Gasteiger charge is 2.33. The molecule has 0 saturated carbocycles. The number of benzene rings is 1. The van der Waals surface area contributed by atoms with Crippen LogP contribution in [0.4, 0.5) is 17.6 Å². The van der Waals surface area contributed by atoms with Crippen molar-refractivity contribution in [2.75, 3.05) is 0 Å². The standard InChI is InChI=1S/C15H14F4N4O3/c1-9(26-11-5-3-2-4-10(11)16)14(25)21-20-13(24)8-23-7-6-12(22-23)15(17,18)19/h2-7,9H,8H2,1H3,(H,20,24)(H,21,25)/t9-/m1/s1. The van der Waals surface area contributed by atoms with Gasteiger partial charge < -0.3 is 4.74 Å². The van der Waals surface area contributed by atoms with Crippen LogP contribution in [-0.4, -0.2) is 27.7 Å². The summed E-state index contributed by atoms with van der Waals surface area (Å²) in [4.78, 5) is 23.4. The Balaban J connectivity index is 1.82. The molecule has 0 aliphatic heterocycles. The Morgan fingerprint density at radius 1 is 1.23 bits per heavy atom. The Morgan fingerprint density at radius 2 is 1.92 bits per heavy atom. The van der Waals surface area contributed by atoms with E-state index in [0.29, 0.717) is 0 Å². The minimum absolute atomic E-state index is 0.141. The fourth-order valence-corrected chi connectivity index (χ4v) is 1.80. The first-order valence-corrected chi connectivity index (χ1v) is 7.27. The molecule has 0 saturated heterocycles. The Kier molecular flexibility index (Phi) is 5.80. The lowest BCUT2D eigenvalue weighted by atomic mass is 10.3. The summed E-state index contributed by atoms with van der Waals surface area (Å²) in [5, 5.41) is 3.20. The van der Waals surface area contributed by atoms with Gasteiger partial charge in [-0.05, 0) is 25.1 Å². The molecule has 1 aromatic heterocycles. The van der Waals surface area contributed by atoms with E-state index >= 15 is 0 Å². The lowest BCUT2D eigenvalue weighted by molar-refractivity contribution is -0.141. The van der Waals surface area contributed by atoms with Crippen LogP contribution in [0.5, 0.6) is 5.75 Å². The zero-order valence-electron chi connectivity index (χ0n) is 13.4. The molecule has 0 aliphatic carbocycles. The zero-order valence-corrected chi connectivity index (χ0v) is 13.4. The number of nitrogens with zero attached hydrogens (tertiary/aromatic N) is 2. The van der Waals surface area contributed by atoms with Crippen LogP contribution in [-0.2, 0) is 22.3 Å². The molecule has 26 heavy (non-hydrogen) atoms. The molecule has 1 aromatic carbocycles. The molecule has 0 fully saturated rings. The van der Waals surface area contributed by atoms with Crippen LogP contribution in [0.1, 0.15) is 12.6 Å². The maximum Gasteiger partial charge on any atom is 0.435 e. The first kappa shape index (κ1) is 19.2. The molecule has 1 heterocycles. The summed E-state index contributed by atoms with van der Waals surface area (Å²) in [6.07, 6.45) is -4.77. The first-order valence-electron chi connectivity index (χ1n) is 7.27. The third-order valence-electron chi connectivity index (χ3n) is 3.07. The van der Waals surface area contributed by atoms with E-state index in [1.165, 1.54) is 25.1 Å². The van der Waals surface area contributed by atoms with E-state index in [-0.39, 0.29) is 5.75 Å². The molecule has 11 heteroatoms. The number of nitrogens with one attached hydrogen (secondary N) is 2. The molecule has 2 N–H and O–H groups in total. The number of hydrogen-bond acceptors (Lipinski definition) is 4. The number of alkyl halides is 3. The highest BCUT2D eigenvalue weighted by molar-refractivity contribution is 5.84. The molecule has 2 aromatic rings. The second-order valence-electron chi connectivity index (χ2n) is 5.12. The minimum atomic E-state index is -4.62. The lowest BCUT2D eigenvalue weighted by Gasteiger charge is -2.15. The van der Waals surface area contributed by atoms with Crippen molar-refractivity contribution in [3.05, 3.63) is 48.0 Å². The fraction of sp³-hybridized carbons (Fsp3) is 0.267. The van der Waals surface area contributed by atoms with Crippen LogP contribution < -0.4 is 15.6 Å². The summed E-state index contributed by atoms with van der Waals surface area (Å²) in [6.45, 7) is 0.788. The van der Waals surface area contributed by atoms with Gasteiger partial charge in [-0.25, -0.2) is 4.39 Å². The van der Waals surface area contributed by atoms with Crippen molar-refractivity contribution in [2.45, 2.75) is 25.7 Å². The largest absolute Gasteiger partial charge is 0.478 e. The SMILES string of the molecule is C[C@@H](Oc1ccccc1F)C(=O)NNC(=O)Cn1ccc(C(F)(F)F)n1. The van der Waals surface area contributed by atoms with Gasteiger partial charge in [-0.15, -0.1) is 0 Å². The number of carbonyl (C=O) groups excluding carboxylic acids is 2. The Hall–Kier alpha value is -3.11. The Bertz CT molecular complexity index is 791. The molecule has 0 unspecified atom stereocenters. The van der Waals surface area contributed by atoms with E-state index in [4.69, 9.17) is 4.74 Å². The third-order valence-corrected chi connectivity index (χ3v) is 3.07. The van der Waals surface area contributed by atoms with Crippen LogP contribution in [0, 0.1) is 5.82 Å². The molecular formula is C15H14F4N4O3. The maximum atomic E-state index is 13.4. The molecule has 0 radical (unpaired) electrons. The highest BCUT2D eigenvalue weighted by atomic mass is 19.4. The minimum Gasteiger partial charge on any atom is -0.478 e. The molecular weight excluding hydrogens is 360 g/mol. The number of rotatable bonds is 5. The van der Waals surface area contributed by atoms with Gasteiger partial charge in [0.15, 0.2) is 23.4 Å². The number of ether oxygens (including phenoxy) is 1. The zero-order chi connectivity index (χ0) is 19.3. The van der Waals surface area contributed by atoms with Gasteiger partial charge >= 0.3 is 6.18 Å². The average molecular weight is 374 g/mol. The molecule has 1 atom stereocenters. The van der Waals surface area contributed by atoms with Gasteiger partial charge in [0.1, 0.15) is 6.54 Å². The van der Waals surface area contributed by atoms with E-state index in [9.17, 15) is 27.2 Å². The highest BCUT2D eigenvalue weighted by Crippen LogP contribution is 2.27.